The number of aromatic nitrogens is 2. The number of halogens is 3. The lowest BCUT2D eigenvalue weighted by Gasteiger charge is -2.33. The van der Waals surface area contributed by atoms with E-state index in [0.717, 1.165) is 4.68 Å². The number of hydrogen-bond acceptors (Lipinski definition) is 6. The summed E-state index contributed by atoms with van der Waals surface area (Å²) in [5.41, 5.74) is 0.894. The van der Waals surface area contributed by atoms with Gasteiger partial charge in [-0.15, -0.1) is 0 Å². The molecule has 11 heteroatoms. The maximum Gasteiger partial charge on any atom is 0.410 e. The van der Waals surface area contributed by atoms with Gasteiger partial charge in [-0.1, -0.05) is 12.1 Å². The van der Waals surface area contributed by atoms with Gasteiger partial charge < -0.3 is 24.8 Å². The maximum atomic E-state index is 13.9. The van der Waals surface area contributed by atoms with Gasteiger partial charge in [-0.05, 0) is 29.8 Å². The normalized spacial score (nSPS) is 17.4. The summed E-state index contributed by atoms with van der Waals surface area (Å²) < 4.78 is 58.0. The average Bonchev–Trinajstić information content (AvgIpc) is 3.27. The predicted octanol–water partition coefficient (Wildman–Crippen LogP) is 4.82. The number of hydrogen-bond donors (Lipinski definition) is 2. The van der Waals surface area contributed by atoms with Gasteiger partial charge in [0.2, 0.25) is 0 Å². The van der Waals surface area contributed by atoms with Crippen LogP contribution in [0.3, 0.4) is 0 Å². The molecule has 2 aromatic carbocycles. The van der Waals surface area contributed by atoms with Crippen LogP contribution in [-0.2, 0) is 0 Å². The molecular formula is C23H23F3N4O4. The molecule has 1 aromatic heterocycles. The molecule has 0 aliphatic carbocycles. The topological polar surface area (TPSA) is 86.6 Å². The molecule has 2 N–H and O–H groups in total. The fraction of sp³-hybridized carbons (Fsp3) is 0.304. The van der Waals surface area contributed by atoms with E-state index in [0.29, 0.717) is 28.5 Å². The number of alkyl halides is 3. The third-order valence-corrected chi connectivity index (χ3v) is 5.58. The molecule has 2 heterocycles. The van der Waals surface area contributed by atoms with E-state index in [4.69, 9.17) is 14.2 Å². The van der Waals surface area contributed by atoms with E-state index in [9.17, 15) is 18.0 Å². The SMILES string of the molecule is COc1ccc(C2CC(C(F)(F)F)n3nc(C(=O)Nc4ccc(OC)c(OC)c4)cc3N2)cc1. The third kappa shape index (κ3) is 4.59. The zero-order valence-electron chi connectivity index (χ0n) is 18.6. The molecule has 1 amide bonds. The highest BCUT2D eigenvalue weighted by molar-refractivity contribution is 6.03. The minimum Gasteiger partial charge on any atom is -0.497 e. The summed E-state index contributed by atoms with van der Waals surface area (Å²) in [6.45, 7) is 0. The van der Waals surface area contributed by atoms with Crippen LogP contribution in [0, 0.1) is 0 Å². The molecule has 0 saturated heterocycles. The van der Waals surface area contributed by atoms with Gasteiger partial charge in [0.1, 0.15) is 11.6 Å². The Kier molecular flexibility index (Phi) is 6.27. The molecule has 0 radical (unpaired) electrons. The molecule has 8 nitrogen and oxygen atoms in total. The highest BCUT2D eigenvalue weighted by Crippen LogP contribution is 2.44. The highest BCUT2D eigenvalue weighted by atomic mass is 19.4. The lowest BCUT2D eigenvalue weighted by molar-refractivity contribution is -0.173. The van der Waals surface area contributed by atoms with Gasteiger partial charge in [-0.3, -0.25) is 4.79 Å². The monoisotopic (exact) mass is 476 g/mol. The largest absolute Gasteiger partial charge is 0.497 e. The van der Waals surface area contributed by atoms with Gasteiger partial charge in [0.15, 0.2) is 23.2 Å². The molecule has 3 aromatic rings. The number of nitrogens with zero attached hydrogens (tertiary/aromatic N) is 2. The van der Waals surface area contributed by atoms with Crippen LogP contribution >= 0.6 is 0 Å². The molecule has 1 aliphatic heterocycles. The number of nitrogens with one attached hydrogen (secondary N) is 2. The fourth-order valence-corrected chi connectivity index (χ4v) is 3.85. The number of fused-ring (bicyclic) bond motifs is 1. The first-order chi connectivity index (χ1) is 16.2. The highest BCUT2D eigenvalue weighted by Gasteiger charge is 2.46. The number of anilines is 2. The van der Waals surface area contributed by atoms with Crippen molar-refractivity contribution in [3.05, 3.63) is 59.8 Å². The maximum absolute atomic E-state index is 13.9. The van der Waals surface area contributed by atoms with Crippen LogP contribution in [0.4, 0.5) is 24.7 Å². The van der Waals surface area contributed by atoms with Crippen molar-refractivity contribution in [2.45, 2.75) is 24.7 Å². The van der Waals surface area contributed by atoms with Crippen molar-refractivity contribution in [2.24, 2.45) is 0 Å². The van der Waals surface area contributed by atoms with Crippen LogP contribution in [0.1, 0.15) is 34.6 Å². The molecule has 0 fully saturated rings. The van der Waals surface area contributed by atoms with E-state index in [2.05, 4.69) is 15.7 Å². The Morgan fingerprint density at radius 3 is 2.35 bits per heavy atom. The summed E-state index contributed by atoms with van der Waals surface area (Å²) in [6.07, 6.45) is -4.83. The number of benzene rings is 2. The second-order valence-corrected chi connectivity index (χ2v) is 7.65. The quantitative estimate of drug-likeness (QED) is 0.531. The van der Waals surface area contributed by atoms with Gasteiger partial charge in [0, 0.05) is 24.2 Å². The van der Waals surface area contributed by atoms with Crippen molar-refractivity contribution < 1.29 is 32.2 Å². The molecule has 0 saturated carbocycles. The first-order valence-corrected chi connectivity index (χ1v) is 10.3. The van der Waals surface area contributed by atoms with Crippen LogP contribution < -0.4 is 24.8 Å². The van der Waals surface area contributed by atoms with Crippen molar-refractivity contribution >= 4 is 17.4 Å². The zero-order chi connectivity index (χ0) is 24.5. The van der Waals surface area contributed by atoms with Crippen LogP contribution in [0.2, 0.25) is 0 Å². The van der Waals surface area contributed by atoms with Crippen molar-refractivity contribution in [3.8, 4) is 17.2 Å². The second kappa shape index (κ2) is 9.16. The zero-order valence-corrected chi connectivity index (χ0v) is 18.6. The Morgan fingerprint density at radius 1 is 1.03 bits per heavy atom. The Balaban J connectivity index is 1.61. The lowest BCUT2D eigenvalue weighted by Crippen LogP contribution is -2.35. The van der Waals surface area contributed by atoms with Gasteiger partial charge >= 0.3 is 6.18 Å². The molecule has 180 valence electrons. The Morgan fingerprint density at radius 2 is 1.74 bits per heavy atom. The van der Waals surface area contributed by atoms with E-state index in [-0.39, 0.29) is 17.9 Å². The Bertz CT molecular complexity index is 1180. The van der Waals surface area contributed by atoms with E-state index in [1.807, 2.05) is 0 Å². The van der Waals surface area contributed by atoms with E-state index in [1.165, 1.54) is 27.4 Å². The standard InChI is InChI=1S/C23H23F3N4O4/c1-32-15-7-4-13(5-8-15)16-11-20(23(24,25)26)30-21(28-16)12-17(29-30)22(31)27-14-6-9-18(33-2)19(10-14)34-3/h4-10,12,16,20,28H,11H2,1-3H3,(H,27,31). The van der Waals surface area contributed by atoms with E-state index < -0.39 is 24.2 Å². The van der Waals surface area contributed by atoms with Crippen molar-refractivity contribution in [1.82, 2.24) is 9.78 Å². The first kappa shape index (κ1) is 23.3. The van der Waals surface area contributed by atoms with E-state index >= 15 is 0 Å². The summed E-state index contributed by atoms with van der Waals surface area (Å²) in [5, 5.41) is 9.67. The van der Waals surface area contributed by atoms with Gasteiger partial charge in [0.05, 0.1) is 27.4 Å². The van der Waals surface area contributed by atoms with Gasteiger partial charge in [-0.25, -0.2) is 4.68 Å². The van der Waals surface area contributed by atoms with Gasteiger partial charge in [0.25, 0.3) is 5.91 Å². The van der Waals surface area contributed by atoms with Crippen molar-refractivity contribution in [2.75, 3.05) is 32.0 Å². The molecule has 0 spiro atoms. The summed E-state index contributed by atoms with van der Waals surface area (Å²) in [6, 6.07) is 10.3. The molecule has 2 unspecified atom stereocenters. The Hall–Kier alpha value is -3.89. The van der Waals surface area contributed by atoms with Crippen molar-refractivity contribution in [3.63, 3.8) is 0 Å². The summed E-state index contributed by atoms with van der Waals surface area (Å²) in [5.74, 6) is 0.918. The summed E-state index contributed by atoms with van der Waals surface area (Å²) >= 11 is 0. The second-order valence-electron chi connectivity index (χ2n) is 7.65. The fourth-order valence-electron chi connectivity index (χ4n) is 3.85. The number of carbonyl (C=O) groups is 1. The minimum atomic E-state index is -4.55. The van der Waals surface area contributed by atoms with Crippen LogP contribution in [0.25, 0.3) is 0 Å². The van der Waals surface area contributed by atoms with Crippen LogP contribution in [-0.4, -0.2) is 43.2 Å². The molecule has 2 atom stereocenters. The molecule has 4 rings (SSSR count). The minimum absolute atomic E-state index is 0.104. The number of ether oxygens (including phenoxy) is 3. The van der Waals surface area contributed by atoms with Crippen LogP contribution in [0.15, 0.2) is 48.5 Å². The molecule has 0 bridgehead atoms. The molecular weight excluding hydrogens is 453 g/mol. The van der Waals surface area contributed by atoms with Gasteiger partial charge in [-0.2, -0.15) is 18.3 Å². The predicted molar refractivity (Wildman–Crippen MR) is 119 cm³/mol. The lowest BCUT2D eigenvalue weighted by atomic mass is 9.97. The smallest absolute Gasteiger partial charge is 0.410 e. The average molecular weight is 476 g/mol. The number of carbonyl (C=O) groups excluding carboxylic acids is 1. The number of methoxy groups -OCH3 is 3. The third-order valence-electron chi connectivity index (χ3n) is 5.58. The molecule has 34 heavy (non-hydrogen) atoms. The van der Waals surface area contributed by atoms with E-state index in [1.54, 1.807) is 42.5 Å². The molecule has 1 aliphatic rings. The first-order valence-electron chi connectivity index (χ1n) is 10.3. The Labute approximate surface area is 193 Å². The summed E-state index contributed by atoms with van der Waals surface area (Å²) in [7, 11) is 4.45. The summed E-state index contributed by atoms with van der Waals surface area (Å²) in [4.78, 5) is 12.8. The van der Waals surface area contributed by atoms with Crippen molar-refractivity contribution in [1.29, 1.82) is 0 Å². The number of amides is 1. The number of rotatable bonds is 6. The van der Waals surface area contributed by atoms with Crippen LogP contribution in [0.5, 0.6) is 17.2 Å².